The second kappa shape index (κ2) is 5.19. The minimum Gasteiger partial charge on any atom is -0.299 e. The van der Waals surface area contributed by atoms with E-state index in [1.807, 2.05) is 17.9 Å². The molecule has 1 atom stereocenters. The highest BCUT2D eigenvalue weighted by Crippen LogP contribution is 2.24. The fourth-order valence-electron chi connectivity index (χ4n) is 2.38. The number of rotatable bonds is 3. The highest BCUT2D eigenvalue weighted by molar-refractivity contribution is 6.20. The van der Waals surface area contributed by atoms with Gasteiger partial charge in [-0.15, -0.1) is 11.6 Å². The van der Waals surface area contributed by atoms with Gasteiger partial charge in [0, 0.05) is 30.7 Å². The van der Waals surface area contributed by atoms with Crippen LogP contribution in [0.4, 0.5) is 0 Å². The Morgan fingerprint density at radius 2 is 2.19 bits per heavy atom. The summed E-state index contributed by atoms with van der Waals surface area (Å²) in [4.78, 5) is 2.49. The van der Waals surface area contributed by atoms with E-state index in [1.165, 1.54) is 18.4 Å². The Labute approximate surface area is 102 Å². The Balaban J connectivity index is 1.81. The molecule has 2 heterocycles. The van der Waals surface area contributed by atoms with Gasteiger partial charge in [0.05, 0.1) is 6.20 Å². The lowest BCUT2D eigenvalue weighted by molar-refractivity contribution is 0.176. The molecule has 1 unspecified atom stereocenters. The Morgan fingerprint density at radius 3 is 2.69 bits per heavy atom. The van der Waals surface area contributed by atoms with Gasteiger partial charge < -0.3 is 0 Å². The molecule has 16 heavy (non-hydrogen) atoms. The fourth-order valence-corrected chi connectivity index (χ4v) is 2.63. The summed E-state index contributed by atoms with van der Waals surface area (Å²) < 4.78 is 1.86. The number of hydrogen-bond donors (Lipinski definition) is 0. The molecule has 2 rings (SSSR count). The minimum absolute atomic E-state index is 0.320. The van der Waals surface area contributed by atoms with E-state index < -0.39 is 0 Å². The first-order valence-corrected chi connectivity index (χ1v) is 6.43. The number of piperidine rings is 1. The lowest BCUT2D eigenvalue weighted by Gasteiger charge is -2.32. The molecule has 1 fully saturated rings. The van der Waals surface area contributed by atoms with E-state index >= 15 is 0 Å². The van der Waals surface area contributed by atoms with Gasteiger partial charge in [-0.25, -0.2) is 0 Å². The summed E-state index contributed by atoms with van der Waals surface area (Å²) in [5, 5.41) is 4.51. The quantitative estimate of drug-likeness (QED) is 0.757. The number of likely N-dealkylation sites (tertiary alicyclic amines) is 1. The summed E-state index contributed by atoms with van der Waals surface area (Å²) >= 11 is 6.14. The number of aryl methyl sites for hydroxylation is 1. The van der Waals surface area contributed by atoms with Gasteiger partial charge in [-0.2, -0.15) is 5.10 Å². The average molecular weight is 242 g/mol. The zero-order valence-corrected chi connectivity index (χ0v) is 10.8. The van der Waals surface area contributed by atoms with Crippen molar-refractivity contribution in [3.05, 3.63) is 18.0 Å². The van der Waals surface area contributed by atoms with Crippen LogP contribution in [0.25, 0.3) is 0 Å². The predicted molar refractivity (Wildman–Crippen MR) is 66.5 cm³/mol. The molecule has 0 aliphatic carbocycles. The summed E-state index contributed by atoms with van der Waals surface area (Å²) in [7, 11) is 1.96. The van der Waals surface area contributed by atoms with E-state index in [-0.39, 0.29) is 0 Å². The van der Waals surface area contributed by atoms with Crippen LogP contribution in [0.15, 0.2) is 12.4 Å². The molecule has 1 saturated heterocycles. The van der Waals surface area contributed by atoms with Crippen LogP contribution in [0.5, 0.6) is 0 Å². The number of nitrogens with zero attached hydrogens (tertiary/aromatic N) is 3. The summed E-state index contributed by atoms with van der Waals surface area (Å²) in [5.41, 5.74) is 1.31. The van der Waals surface area contributed by atoms with Crippen LogP contribution in [0.1, 0.15) is 25.3 Å². The Bertz CT molecular complexity index is 327. The summed E-state index contributed by atoms with van der Waals surface area (Å²) in [5.74, 6) is 0.701. The monoisotopic (exact) mass is 241 g/mol. The Kier molecular flexibility index (Phi) is 3.87. The first-order valence-electron chi connectivity index (χ1n) is 5.99. The average Bonchev–Trinajstić information content (AvgIpc) is 2.65. The van der Waals surface area contributed by atoms with Gasteiger partial charge >= 0.3 is 0 Å². The predicted octanol–water partition coefficient (Wildman–Crippen LogP) is 2.26. The molecule has 1 aliphatic rings. The second-order valence-corrected chi connectivity index (χ2v) is 5.50. The highest BCUT2D eigenvalue weighted by atomic mass is 35.5. The number of halogens is 1. The Morgan fingerprint density at radius 1 is 1.50 bits per heavy atom. The third-order valence-electron chi connectivity index (χ3n) is 3.45. The van der Waals surface area contributed by atoms with Crippen LogP contribution in [-0.4, -0.2) is 33.1 Å². The zero-order chi connectivity index (χ0) is 11.5. The van der Waals surface area contributed by atoms with Gasteiger partial charge in [-0.05, 0) is 38.8 Å². The van der Waals surface area contributed by atoms with Crippen molar-refractivity contribution >= 4 is 11.6 Å². The van der Waals surface area contributed by atoms with E-state index in [4.69, 9.17) is 11.6 Å². The van der Waals surface area contributed by atoms with Crippen molar-refractivity contribution in [2.75, 3.05) is 13.1 Å². The smallest absolute Gasteiger partial charge is 0.0534 e. The zero-order valence-electron chi connectivity index (χ0n) is 10.1. The minimum atomic E-state index is 0.320. The topological polar surface area (TPSA) is 21.1 Å². The van der Waals surface area contributed by atoms with E-state index in [0.29, 0.717) is 11.3 Å². The largest absolute Gasteiger partial charge is 0.299 e. The van der Waals surface area contributed by atoms with E-state index in [1.54, 1.807) is 0 Å². The first-order chi connectivity index (χ1) is 7.65. The van der Waals surface area contributed by atoms with Crippen molar-refractivity contribution < 1.29 is 0 Å². The summed E-state index contributed by atoms with van der Waals surface area (Å²) in [6, 6.07) is 0. The number of alkyl halides is 1. The van der Waals surface area contributed by atoms with Gasteiger partial charge in [0.1, 0.15) is 0 Å². The Hall–Kier alpha value is -0.540. The molecule has 0 N–H and O–H groups in total. The maximum atomic E-state index is 6.14. The van der Waals surface area contributed by atoms with Crippen LogP contribution in [0.2, 0.25) is 0 Å². The maximum absolute atomic E-state index is 6.14. The lowest BCUT2D eigenvalue weighted by atomic mass is 9.94. The van der Waals surface area contributed by atoms with E-state index in [0.717, 1.165) is 19.6 Å². The molecule has 0 saturated carbocycles. The molecule has 1 aromatic heterocycles. The van der Waals surface area contributed by atoms with Crippen molar-refractivity contribution in [2.45, 2.75) is 31.7 Å². The molecule has 0 amide bonds. The van der Waals surface area contributed by atoms with Crippen LogP contribution in [0, 0.1) is 5.92 Å². The first kappa shape index (κ1) is 11.9. The maximum Gasteiger partial charge on any atom is 0.0534 e. The van der Waals surface area contributed by atoms with Gasteiger partial charge in [-0.3, -0.25) is 9.58 Å². The number of aromatic nitrogens is 2. The van der Waals surface area contributed by atoms with Gasteiger partial charge in [0.15, 0.2) is 0 Å². The molecule has 0 bridgehead atoms. The van der Waals surface area contributed by atoms with E-state index in [2.05, 4.69) is 23.1 Å². The van der Waals surface area contributed by atoms with Gasteiger partial charge in [-0.1, -0.05) is 0 Å². The number of hydrogen-bond acceptors (Lipinski definition) is 2. The van der Waals surface area contributed by atoms with Crippen LogP contribution >= 0.6 is 11.6 Å². The third kappa shape index (κ3) is 2.98. The van der Waals surface area contributed by atoms with Crippen LogP contribution < -0.4 is 0 Å². The highest BCUT2D eigenvalue weighted by Gasteiger charge is 2.22. The van der Waals surface area contributed by atoms with Crippen molar-refractivity contribution in [3.63, 3.8) is 0 Å². The molecule has 1 aliphatic heterocycles. The molecular weight excluding hydrogens is 222 g/mol. The van der Waals surface area contributed by atoms with Crippen LogP contribution in [0.3, 0.4) is 0 Å². The molecule has 3 nitrogen and oxygen atoms in total. The third-order valence-corrected chi connectivity index (χ3v) is 3.80. The summed E-state index contributed by atoms with van der Waals surface area (Å²) in [6.07, 6.45) is 6.50. The molecule has 90 valence electrons. The summed E-state index contributed by atoms with van der Waals surface area (Å²) in [6.45, 7) is 5.47. The molecule has 0 aromatic carbocycles. The van der Waals surface area contributed by atoms with Crippen LogP contribution in [-0.2, 0) is 13.6 Å². The molecular formula is C12H20ClN3. The standard InChI is InChI=1S/C12H20ClN3/c1-10(13)12-3-5-16(6-4-12)9-11-7-14-15(2)8-11/h7-8,10,12H,3-6,9H2,1-2H3. The lowest BCUT2D eigenvalue weighted by Crippen LogP contribution is -2.35. The normalized spacial score (nSPS) is 21.2. The SMILES string of the molecule is CC(Cl)C1CCN(Cc2cnn(C)c2)CC1. The van der Waals surface area contributed by atoms with Crippen molar-refractivity contribution in [1.82, 2.24) is 14.7 Å². The fraction of sp³-hybridized carbons (Fsp3) is 0.750. The van der Waals surface area contributed by atoms with Crippen molar-refractivity contribution in [3.8, 4) is 0 Å². The molecule has 1 aromatic rings. The second-order valence-electron chi connectivity index (χ2n) is 4.81. The molecule has 0 spiro atoms. The van der Waals surface area contributed by atoms with E-state index in [9.17, 15) is 0 Å². The van der Waals surface area contributed by atoms with Gasteiger partial charge in [0.2, 0.25) is 0 Å². The molecule has 4 heteroatoms. The molecule has 0 radical (unpaired) electrons. The van der Waals surface area contributed by atoms with Crippen molar-refractivity contribution in [2.24, 2.45) is 13.0 Å². The van der Waals surface area contributed by atoms with Crippen molar-refractivity contribution in [1.29, 1.82) is 0 Å². The van der Waals surface area contributed by atoms with Gasteiger partial charge in [0.25, 0.3) is 0 Å².